The van der Waals surface area contributed by atoms with Gasteiger partial charge in [0.25, 0.3) is 11.8 Å². The molecule has 2 aromatic rings. The summed E-state index contributed by atoms with van der Waals surface area (Å²) < 4.78 is 7.32. The van der Waals surface area contributed by atoms with Gasteiger partial charge in [0, 0.05) is 38.6 Å². The number of furan rings is 1. The number of hydrogen-bond acceptors (Lipinski definition) is 5. The molecule has 2 amide bonds. The first-order chi connectivity index (χ1) is 13.5. The van der Waals surface area contributed by atoms with E-state index < -0.39 is 5.54 Å². The number of hydrogen-bond donors (Lipinski definition) is 1. The zero-order chi connectivity index (χ0) is 19.7. The third-order valence-corrected chi connectivity index (χ3v) is 5.90. The fourth-order valence-corrected chi connectivity index (χ4v) is 4.32. The van der Waals surface area contributed by atoms with Crippen molar-refractivity contribution in [2.75, 3.05) is 39.3 Å². The largest absolute Gasteiger partial charge is 0.466 e. The highest BCUT2D eigenvalue weighted by Gasteiger charge is 2.45. The van der Waals surface area contributed by atoms with Gasteiger partial charge in [-0.3, -0.25) is 14.3 Å². The summed E-state index contributed by atoms with van der Waals surface area (Å²) in [7, 11) is 0. The summed E-state index contributed by atoms with van der Waals surface area (Å²) in [6.45, 7) is 7.38. The van der Waals surface area contributed by atoms with Crippen LogP contribution in [0.1, 0.15) is 34.7 Å². The van der Waals surface area contributed by atoms with E-state index in [4.69, 9.17) is 4.42 Å². The van der Waals surface area contributed by atoms with Gasteiger partial charge >= 0.3 is 0 Å². The number of aromatic nitrogens is 2. The van der Waals surface area contributed by atoms with E-state index in [0.29, 0.717) is 37.5 Å². The van der Waals surface area contributed by atoms with Crippen LogP contribution >= 0.6 is 0 Å². The number of piperazine rings is 1. The molecule has 0 bridgehead atoms. The van der Waals surface area contributed by atoms with Crippen molar-refractivity contribution in [1.29, 1.82) is 0 Å². The number of piperidine rings is 1. The first kappa shape index (κ1) is 18.7. The first-order valence-electron chi connectivity index (χ1n) is 9.88. The van der Waals surface area contributed by atoms with Crippen molar-refractivity contribution in [2.24, 2.45) is 0 Å². The van der Waals surface area contributed by atoms with Crippen LogP contribution in [0, 0.1) is 13.8 Å². The third kappa shape index (κ3) is 3.22. The second-order valence-electron chi connectivity index (χ2n) is 7.64. The molecule has 4 heterocycles. The van der Waals surface area contributed by atoms with Gasteiger partial charge in [0.1, 0.15) is 17.1 Å². The minimum Gasteiger partial charge on any atom is -0.466 e. The summed E-state index contributed by atoms with van der Waals surface area (Å²) in [6, 6.07) is 3.65. The van der Waals surface area contributed by atoms with Crippen LogP contribution in [0.25, 0.3) is 0 Å². The molecule has 28 heavy (non-hydrogen) atoms. The molecule has 0 saturated carbocycles. The minimum atomic E-state index is -0.626. The van der Waals surface area contributed by atoms with Gasteiger partial charge in [0.05, 0.1) is 5.56 Å². The highest BCUT2D eigenvalue weighted by atomic mass is 16.3. The molecule has 8 nitrogen and oxygen atoms in total. The zero-order valence-electron chi connectivity index (χ0n) is 16.5. The molecule has 150 valence electrons. The number of nitrogens with zero attached hydrogens (tertiary/aromatic N) is 4. The molecule has 2 aliphatic rings. The maximum absolute atomic E-state index is 13.5. The quantitative estimate of drug-likeness (QED) is 0.857. The molecule has 1 N–H and O–H groups in total. The van der Waals surface area contributed by atoms with Gasteiger partial charge in [0.2, 0.25) is 0 Å². The zero-order valence-corrected chi connectivity index (χ0v) is 16.5. The fraction of sp³-hybridized carbons (Fsp3) is 0.550. The summed E-state index contributed by atoms with van der Waals surface area (Å²) >= 11 is 0. The summed E-state index contributed by atoms with van der Waals surface area (Å²) in [5.41, 5.74) is -0.0113. The van der Waals surface area contributed by atoms with Crippen LogP contribution in [-0.4, -0.2) is 70.7 Å². The molecular weight excluding hydrogens is 358 g/mol. The lowest BCUT2D eigenvalue weighted by molar-refractivity contribution is -0.144. The predicted octanol–water partition coefficient (Wildman–Crippen LogP) is 1.16. The molecule has 4 rings (SSSR count). The Bertz CT molecular complexity index is 843. The third-order valence-electron chi connectivity index (χ3n) is 5.90. The number of rotatable bonds is 3. The molecule has 0 radical (unpaired) electrons. The van der Waals surface area contributed by atoms with Gasteiger partial charge in [-0.15, -0.1) is 0 Å². The minimum absolute atomic E-state index is 0.0231. The van der Waals surface area contributed by atoms with E-state index in [2.05, 4.69) is 10.4 Å². The van der Waals surface area contributed by atoms with Gasteiger partial charge in [0.15, 0.2) is 0 Å². The van der Waals surface area contributed by atoms with Gasteiger partial charge in [-0.2, -0.15) is 5.10 Å². The molecule has 0 atom stereocenters. The van der Waals surface area contributed by atoms with Gasteiger partial charge in [-0.25, -0.2) is 0 Å². The van der Waals surface area contributed by atoms with E-state index in [1.165, 1.54) is 0 Å². The lowest BCUT2D eigenvalue weighted by Crippen LogP contribution is -2.59. The standard InChI is InChI=1S/C20H27N5O3/c1-15-14-17(16(2)28-15)18(26)23-10-12-24(13-11-23)19(27)20(4-7-21-8-5-20)25-9-3-6-22-25/h3,6,9,14,21H,4-5,7-8,10-13H2,1-2H3. The molecule has 0 aliphatic carbocycles. The topological polar surface area (TPSA) is 83.6 Å². The molecule has 2 saturated heterocycles. The van der Waals surface area contributed by atoms with Crippen LogP contribution in [0.5, 0.6) is 0 Å². The SMILES string of the molecule is Cc1cc(C(=O)N2CCN(C(=O)C3(n4cccn4)CCNCC3)CC2)c(C)o1. The smallest absolute Gasteiger partial charge is 0.257 e. The van der Waals surface area contributed by atoms with Crippen LogP contribution in [0.4, 0.5) is 0 Å². The van der Waals surface area contributed by atoms with Crippen molar-refractivity contribution < 1.29 is 14.0 Å². The Labute approximate surface area is 164 Å². The monoisotopic (exact) mass is 385 g/mol. The Balaban J connectivity index is 1.46. The van der Waals surface area contributed by atoms with Gasteiger partial charge in [-0.1, -0.05) is 0 Å². The van der Waals surface area contributed by atoms with E-state index in [1.807, 2.05) is 40.6 Å². The molecule has 0 aromatic carbocycles. The molecule has 0 spiro atoms. The molecule has 0 unspecified atom stereocenters. The van der Waals surface area contributed by atoms with E-state index >= 15 is 0 Å². The van der Waals surface area contributed by atoms with Crippen molar-refractivity contribution in [3.05, 3.63) is 41.6 Å². The number of aryl methyl sites for hydroxylation is 2. The summed E-state index contributed by atoms with van der Waals surface area (Å²) in [5.74, 6) is 1.47. The van der Waals surface area contributed by atoms with Crippen molar-refractivity contribution >= 4 is 11.8 Å². The Morgan fingerprint density at radius 3 is 2.36 bits per heavy atom. The Kier molecular flexibility index (Phi) is 4.97. The molecule has 2 fully saturated rings. The normalized spacial score (nSPS) is 19.6. The van der Waals surface area contributed by atoms with E-state index in [-0.39, 0.29) is 11.8 Å². The average Bonchev–Trinajstić information content (AvgIpc) is 3.37. The fourth-order valence-electron chi connectivity index (χ4n) is 4.32. The lowest BCUT2D eigenvalue weighted by atomic mass is 9.86. The van der Waals surface area contributed by atoms with Crippen LogP contribution in [0.15, 0.2) is 28.9 Å². The predicted molar refractivity (Wildman–Crippen MR) is 103 cm³/mol. The van der Waals surface area contributed by atoms with Crippen molar-refractivity contribution in [3.8, 4) is 0 Å². The second-order valence-corrected chi connectivity index (χ2v) is 7.64. The Morgan fingerprint density at radius 2 is 1.79 bits per heavy atom. The number of carbonyl (C=O) groups excluding carboxylic acids is 2. The summed E-state index contributed by atoms with van der Waals surface area (Å²) in [5, 5.41) is 7.72. The number of carbonyl (C=O) groups is 2. The van der Waals surface area contributed by atoms with E-state index in [9.17, 15) is 9.59 Å². The highest BCUT2D eigenvalue weighted by Crippen LogP contribution is 2.30. The molecule has 8 heteroatoms. The van der Waals surface area contributed by atoms with Gasteiger partial charge < -0.3 is 19.5 Å². The highest BCUT2D eigenvalue weighted by molar-refractivity contribution is 5.95. The van der Waals surface area contributed by atoms with Crippen molar-refractivity contribution in [2.45, 2.75) is 32.2 Å². The number of amides is 2. The second kappa shape index (κ2) is 7.43. The van der Waals surface area contributed by atoms with Crippen molar-refractivity contribution in [1.82, 2.24) is 24.9 Å². The van der Waals surface area contributed by atoms with Crippen LogP contribution in [0.3, 0.4) is 0 Å². The Morgan fingerprint density at radius 1 is 1.11 bits per heavy atom. The van der Waals surface area contributed by atoms with Crippen molar-refractivity contribution in [3.63, 3.8) is 0 Å². The number of nitrogens with one attached hydrogen (secondary N) is 1. The van der Waals surface area contributed by atoms with E-state index in [1.54, 1.807) is 12.3 Å². The maximum atomic E-state index is 13.5. The van der Waals surface area contributed by atoms with Gasteiger partial charge in [-0.05, 0) is 51.9 Å². The molecule has 2 aromatic heterocycles. The lowest BCUT2D eigenvalue weighted by Gasteiger charge is -2.43. The summed E-state index contributed by atoms with van der Waals surface area (Å²) in [4.78, 5) is 30.0. The maximum Gasteiger partial charge on any atom is 0.257 e. The van der Waals surface area contributed by atoms with Crippen LogP contribution < -0.4 is 5.32 Å². The van der Waals surface area contributed by atoms with E-state index in [0.717, 1.165) is 31.7 Å². The molecule has 2 aliphatic heterocycles. The Hall–Kier alpha value is -2.61. The first-order valence-corrected chi connectivity index (χ1v) is 9.88. The average molecular weight is 385 g/mol. The summed E-state index contributed by atoms with van der Waals surface area (Å²) in [6.07, 6.45) is 5.05. The molecular formula is C20H27N5O3. The van der Waals surface area contributed by atoms with Crippen LogP contribution in [0.2, 0.25) is 0 Å². The van der Waals surface area contributed by atoms with Crippen LogP contribution in [-0.2, 0) is 10.3 Å².